The molecule has 1 fully saturated rings. The Morgan fingerprint density at radius 1 is 1.33 bits per heavy atom. The highest BCUT2D eigenvalue weighted by atomic mass is 16.4. The van der Waals surface area contributed by atoms with E-state index in [0.717, 1.165) is 25.7 Å². The normalized spacial score (nSPS) is 18.9. The molecular formula is C13H24N2O3. The molecule has 1 rings (SSSR count). The van der Waals surface area contributed by atoms with Crippen LogP contribution < -0.4 is 10.6 Å². The van der Waals surface area contributed by atoms with Crippen LogP contribution in [0.4, 0.5) is 4.79 Å². The largest absolute Gasteiger partial charge is 0.481 e. The van der Waals surface area contributed by atoms with Gasteiger partial charge in [0, 0.05) is 6.04 Å². The van der Waals surface area contributed by atoms with Crippen LogP contribution >= 0.6 is 0 Å². The molecule has 5 nitrogen and oxygen atoms in total. The predicted octanol–water partition coefficient (Wildman–Crippen LogP) is 2.12. The molecule has 0 saturated heterocycles. The van der Waals surface area contributed by atoms with E-state index in [9.17, 15) is 9.59 Å². The summed E-state index contributed by atoms with van der Waals surface area (Å²) in [6.07, 6.45) is 3.38. The molecule has 0 radical (unpaired) electrons. The fourth-order valence-electron chi connectivity index (χ4n) is 2.42. The average molecular weight is 256 g/mol. The summed E-state index contributed by atoms with van der Waals surface area (Å²) < 4.78 is 0. The van der Waals surface area contributed by atoms with Gasteiger partial charge in [-0.3, -0.25) is 4.79 Å². The smallest absolute Gasteiger partial charge is 0.315 e. The number of amides is 2. The molecule has 0 aliphatic heterocycles. The van der Waals surface area contributed by atoms with Crippen molar-refractivity contribution in [1.29, 1.82) is 0 Å². The molecule has 1 aliphatic carbocycles. The lowest BCUT2D eigenvalue weighted by molar-refractivity contribution is -0.139. The zero-order valence-electron chi connectivity index (χ0n) is 11.5. The van der Waals surface area contributed by atoms with Gasteiger partial charge in [-0.25, -0.2) is 4.79 Å². The Bertz CT molecular complexity index is 311. The highest BCUT2D eigenvalue weighted by Crippen LogP contribution is 2.34. The molecule has 1 unspecified atom stereocenters. The summed E-state index contributed by atoms with van der Waals surface area (Å²) in [5.74, 6) is -0.483. The van der Waals surface area contributed by atoms with Crippen molar-refractivity contribution < 1.29 is 14.7 Å². The summed E-state index contributed by atoms with van der Waals surface area (Å²) in [5.41, 5.74) is -0.523. The molecule has 0 heterocycles. The number of carboxylic acid groups (broad SMARTS) is 1. The van der Waals surface area contributed by atoms with Crippen molar-refractivity contribution >= 4 is 12.0 Å². The van der Waals surface area contributed by atoms with Crippen LogP contribution in [0.2, 0.25) is 0 Å². The van der Waals surface area contributed by atoms with Gasteiger partial charge in [-0.2, -0.15) is 0 Å². The van der Waals surface area contributed by atoms with Gasteiger partial charge in [0.2, 0.25) is 0 Å². The van der Waals surface area contributed by atoms with Crippen molar-refractivity contribution in [2.24, 2.45) is 5.92 Å². The lowest BCUT2D eigenvalue weighted by Crippen LogP contribution is -2.58. The minimum Gasteiger partial charge on any atom is -0.481 e. The summed E-state index contributed by atoms with van der Waals surface area (Å²) in [5, 5.41) is 14.6. The monoisotopic (exact) mass is 256 g/mol. The van der Waals surface area contributed by atoms with E-state index in [-0.39, 0.29) is 18.5 Å². The number of carbonyl (C=O) groups is 2. The maximum absolute atomic E-state index is 11.9. The molecule has 3 N–H and O–H groups in total. The van der Waals surface area contributed by atoms with Crippen LogP contribution in [-0.4, -0.2) is 28.7 Å². The molecule has 2 amide bonds. The predicted molar refractivity (Wildman–Crippen MR) is 69.4 cm³/mol. The Hall–Kier alpha value is -1.26. The quantitative estimate of drug-likeness (QED) is 0.681. The minimum atomic E-state index is -0.856. The van der Waals surface area contributed by atoms with E-state index in [1.165, 1.54) is 0 Å². The van der Waals surface area contributed by atoms with Gasteiger partial charge in [0.15, 0.2) is 0 Å². The Kier molecular flexibility index (Phi) is 4.99. The molecule has 0 aromatic rings. The second-order valence-electron chi connectivity index (χ2n) is 5.56. The van der Waals surface area contributed by atoms with E-state index in [2.05, 4.69) is 24.5 Å². The number of carboxylic acids is 1. The summed E-state index contributed by atoms with van der Waals surface area (Å²) in [6.45, 7) is 6.15. The topological polar surface area (TPSA) is 78.4 Å². The third kappa shape index (κ3) is 3.89. The van der Waals surface area contributed by atoms with Crippen LogP contribution in [0.3, 0.4) is 0 Å². The van der Waals surface area contributed by atoms with Gasteiger partial charge < -0.3 is 15.7 Å². The Morgan fingerprint density at radius 3 is 2.28 bits per heavy atom. The molecule has 1 atom stereocenters. The van der Waals surface area contributed by atoms with Gasteiger partial charge in [-0.15, -0.1) is 0 Å². The summed E-state index contributed by atoms with van der Waals surface area (Å²) >= 11 is 0. The molecule has 5 heteroatoms. The second-order valence-corrected chi connectivity index (χ2v) is 5.56. The zero-order chi connectivity index (χ0) is 13.8. The first-order valence-electron chi connectivity index (χ1n) is 6.69. The van der Waals surface area contributed by atoms with Crippen LogP contribution in [0.1, 0.15) is 52.9 Å². The summed E-state index contributed by atoms with van der Waals surface area (Å²) in [7, 11) is 0. The van der Waals surface area contributed by atoms with Gasteiger partial charge in [0.05, 0.1) is 12.0 Å². The van der Waals surface area contributed by atoms with Crippen molar-refractivity contribution in [3.8, 4) is 0 Å². The highest BCUT2D eigenvalue weighted by molar-refractivity contribution is 5.77. The van der Waals surface area contributed by atoms with E-state index >= 15 is 0 Å². The Labute approximate surface area is 108 Å². The number of aliphatic carboxylic acids is 1. The minimum absolute atomic E-state index is 0.0128. The number of rotatable bonds is 6. The van der Waals surface area contributed by atoms with Crippen LogP contribution in [0, 0.1) is 5.92 Å². The third-order valence-electron chi connectivity index (χ3n) is 3.74. The Morgan fingerprint density at radius 2 is 1.94 bits per heavy atom. The van der Waals surface area contributed by atoms with Crippen molar-refractivity contribution in [2.75, 3.05) is 0 Å². The molecule has 1 saturated carbocycles. The fraction of sp³-hybridized carbons (Fsp3) is 0.846. The van der Waals surface area contributed by atoms with E-state index in [0.29, 0.717) is 5.92 Å². The molecule has 1 aliphatic rings. The molecular weight excluding hydrogens is 232 g/mol. The van der Waals surface area contributed by atoms with E-state index in [1.54, 1.807) is 0 Å². The highest BCUT2D eigenvalue weighted by Gasteiger charge is 2.40. The fourth-order valence-corrected chi connectivity index (χ4v) is 2.42. The van der Waals surface area contributed by atoms with E-state index in [1.807, 2.05) is 6.92 Å². The maximum atomic E-state index is 11.9. The second kappa shape index (κ2) is 6.07. The van der Waals surface area contributed by atoms with Crippen LogP contribution in [0.5, 0.6) is 0 Å². The van der Waals surface area contributed by atoms with Gasteiger partial charge in [0.25, 0.3) is 0 Å². The zero-order valence-corrected chi connectivity index (χ0v) is 11.5. The molecule has 104 valence electrons. The SMILES string of the molecule is CCC(NC(=O)NC1(CC(=O)O)CCC1)C(C)C. The molecule has 0 spiro atoms. The summed E-state index contributed by atoms with van der Waals surface area (Å²) in [4.78, 5) is 22.7. The van der Waals surface area contributed by atoms with Crippen molar-refractivity contribution in [3.05, 3.63) is 0 Å². The van der Waals surface area contributed by atoms with Gasteiger partial charge in [0.1, 0.15) is 0 Å². The van der Waals surface area contributed by atoms with Gasteiger partial charge in [-0.05, 0) is 31.6 Å². The first-order valence-corrected chi connectivity index (χ1v) is 6.69. The molecule has 0 aromatic heterocycles. The van der Waals surface area contributed by atoms with Crippen LogP contribution in [-0.2, 0) is 4.79 Å². The Balaban J connectivity index is 2.50. The number of carbonyl (C=O) groups excluding carboxylic acids is 1. The maximum Gasteiger partial charge on any atom is 0.315 e. The first-order chi connectivity index (χ1) is 8.38. The third-order valence-corrected chi connectivity index (χ3v) is 3.74. The van der Waals surface area contributed by atoms with Crippen LogP contribution in [0.15, 0.2) is 0 Å². The van der Waals surface area contributed by atoms with Crippen molar-refractivity contribution in [3.63, 3.8) is 0 Å². The summed E-state index contributed by atoms with van der Waals surface area (Å²) in [6, 6.07) is -0.108. The molecule has 0 aromatic carbocycles. The van der Waals surface area contributed by atoms with E-state index in [4.69, 9.17) is 5.11 Å². The van der Waals surface area contributed by atoms with Crippen molar-refractivity contribution in [1.82, 2.24) is 10.6 Å². The first kappa shape index (κ1) is 14.8. The number of hydrogen-bond acceptors (Lipinski definition) is 2. The van der Waals surface area contributed by atoms with E-state index < -0.39 is 11.5 Å². The standard InChI is InChI=1S/C13H24N2O3/c1-4-10(9(2)3)14-12(18)15-13(6-5-7-13)8-11(16)17/h9-10H,4-8H2,1-3H3,(H,16,17)(H2,14,15,18). The molecule has 18 heavy (non-hydrogen) atoms. The van der Waals surface area contributed by atoms with Gasteiger partial charge >= 0.3 is 12.0 Å². The lowest BCUT2D eigenvalue weighted by atomic mass is 9.74. The number of hydrogen-bond donors (Lipinski definition) is 3. The molecule has 0 bridgehead atoms. The van der Waals surface area contributed by atoms with Crippen LogP contribution in [0.25, 0.3) is 0 Å². The number of urea groups is 1. The average Bonchev–Trinajstić information content (AvgIpc) is 2.21. The lowest BCUT2D eigenvalue weighted by Gasteiger charge is -2.41. The van der Waals surface area contributed by atoms with Crippen molar-refractivity contribution in [2.45, 2.75) is 64.5 Å². The number of nitrogens with one attached hydrogen (secondary N) is 2. The van der Waals surface area contributed by atoms with Gasteiger partial charge in [-0.1, -0.05) is 20.8 Å².